The van der Waals surface area contributed by atoms with E-state index in [1.807, 2.05) is 0 Å². The molecule has 128 valence electrons. The molecule has 1 saturated carbocycles. The molecule has 23 heavy (non-hydrogen) atoms. The van der Waals surface area contributed by atoms with Gasteiger partial charge >= 0.3 is 17.9 Å². The van der Waals surface area contributed by atoms with E-state index in [1.54, 1.807) is 17.0 Å². The minimum absolute atomic E-state index is 0.0784. The normalized spacial score (nSPS) is 16.9. The molecule has 1 atom stereocenters. The summed E-state index contributed by atoms with van der Waals surface area (Å²) in [6.45, 7) is 2.92. The van der Waals surface area contributed by atoms with Crippen LogP contribution in [0.2, 0.25) is 0 Å². The van der Waals surface area contributed by atoms with Gasteiger partial charge < -0.3 is 14.4 Å². The summed E-state index contributed by atoms with van der Waals surface area (Å²) in [5.41, 5.74) is 0. The third kappa shape index (κ3) is 5.08. The Kier molecular flexibility index (Phi) is 6.62. The highest BCUT2D eigenvalue weighted by Gasteiger charge is 2.25. The molecular formula is C17H26N2O4. The van der Waals surface area contributed by atoms with Gasteiger partial charge in [0.05, 0.1) is 0 Å². The van der Waals surface area contributed by atoms with Gasteiger partial charge in [0, 0.05) is 18.9 Å². The second kappa shape index (κ2) is 8.70. The molecule has 0 saturated heterocycles. The van der Waals surface area contributed by atoms with Crippen LogP contribution in [0, 0.1) is 11.8 Å². The van der Waals surface area contributed by atoms with Crippen molar-refractivity contribution in [3.05, 3.63) is 12.4 Å². The number of aliphatic carboxylic acids is 1. The number of carboxylic acid groups (broad SMARTS) is 1. The Balaban J connectivity index is 2.05. The van der Waals surface area contributed by atoms with E-state index < -0.39 is 11.9 Å². The van der Waals surface area contributed by atoms with E-state index in [-0.39, 0.29) is 6.01 Å². The first kappa shape index (κ1) is 17.5. The molecule has 0 amide bonds. The van der Waals surface area contributed by atoms with Gasteiger partial charge in [-0.2, -0.15) is 0 Å². The van der Waals surface area contributed by atoms with Crippen molar-refractivity contribution in [2.75, 3.05) is 0 Å². The number of esters is 1. The molecule has 1 aromatic rings. The Morgan fingerprint density at radius 2 is 2.13 bits per heavy atom. The predicted octanol–water partition coefficient (Wildman–Crippen LogP) is 3.26. The molecule has 1 aromatic heterocycles. The van der Waals surface area contributed by atoms with E-state index in [0.717, 1.165) is 19.4 Å². The van der Waals surface area contributed by atoms with E-state index in [4.69, 9.17) is 9.84 Å². The summed E-state index contributed by atoms with van der Waals surface area (Å²) in [7, 11) is 0. The van der Waals surface area contributed by atoms with Crippen LogP contribution in [0.15, 0.2) is 12.4 Å². The largest absolute Gasteiger partial charge is 0.473 e. The Labute approximate surface area is 136 Å². The monoisotopic (exact) mass is 322 g/mol. The van der Waals surface area contributed by atoms with Crippen LogP contribution in [0.5, 0.6) is 6.01 Å². The molecule has 0 aromatic carbocycles. The molecule has 1 unspecified atom stereocenters. The molecule has 6 heteroatoms. The van der Waals surface area contributed by atoms with Crippen LogP contribution in [-0.4, -0.2) is 26.6 Å². The molecule has 1 N–H and O–H groups in total. The summed E-state index contributed by atoms with van der Waals surface area (Å²) in [6, 6.07) is 0.0784. The second-order valence-electron chi connectivity index (χ2n) is 6.36. The van der Waals surface area contributed by atoms with Crippen LogP contribution in [0.25, 0.3) is 0 Å². The van der Waals surface area contributed by atoms with Gasteiger partial charge in [0.1, 0.15) is 0 Å². The zero-order valence-electron chi connectivity index (χ0n) is 13.7. The number of rotatable bonds is 7. The standard InChI is InChI=1S/C17H26N2O4/c1-2-3-7-14(13-8-5-4-6-9-13)12-19-11-10-18-17(19)23-16(22)15(20)21/h10-11,13-14H,2-9,12H2,1H3,(H,20,21). The molecule has 0 bridgehead atoms. The van der Waals surface area contributed by atoms with Crippen molar-refractivity contribution >= 4 is 11.9 Å². The van der Waals surface area contributed by atoms with Gasteiger partial charge in [-0.15, -0.1) is 0 Å². The van der Waals surface area contributed by atoms with Gasteiger partial charge in [-0.05, 0) is 18.3 Å². The van der Waals surface area contributed by atoms with Crippen molar-refractivity contribution in [2.24, 2.45) is 11.8 Å². The average molecular weight is 322 g/mol. The van der Waals surface area contributed by atoms with E-state index in [0.29, 0.717) is 11.8 Å². The van der Waals surface area contributed by atoms with Gasteiger partial charge in [0.2, 0.25) is 0 Å². The number of carbonyl (C=O) groups excluding carboxylic acids is 1. The van der Waals surface area contributed by atoms with E-state index in [1.165, 1.54) is 38.5 Å². The number of carboxylic acids is 1. The fraction of sp³-hybridized carbons (Fsp3) is 0.706. The maximum Gasteiger partial charge on any atom is 0.425 e. The van der Waals surface area contributed by atoms with Crippen molar-refractivity contribution < 1.29 is 19.4 Å². The Morgan fingerprint density at radius 1 is 1.39 bits per heavy atom. The first-order valence-corrected chi connectivity index (χ1v) is 8.58. The van der Waals surface area contributed by atoms with Crippen molar-refractivity contribution in [2.45, 2.75) is 64.8 Å². The number of carbonyl (C=O) groups is 2. The van der Waals surface area contributed by atoms with Crippen LogP contribution in [-0.2, 0) is 16.1 Å². The van der Waals surface area contributed by atoms with Crippen molar-refractivity contribution in [1.82, 2.24) is 9.55 Å². The number of unbranched alkanes of at least 4 members (excludes halogenated alkanes) is 1. The molecule has 2 rings (SSSR count). The number of nitrogens with zero attached hydrogens (tertiary/aromatic N) is 2. The van der Waals surface area contributed by atoms with Gasteiger partial charge in [-0.3, -0.25) is 0 Å². The lowest BCUT2D eigenvalue weighted by Gasteiger charge is -2.30. The minimum atomic E-state index is -1.60. The number of ether oxygens (including phenoxy) is 1. The maximum atomic E-state index is 11.2. The topological polar surface area (TPSA) is 81.4 Å². The molecule has 6 nitrogen and oxygen atoms in total. The van der Waals surface area contributed by atoms with Crippen LogP contribution in [0.1, 0.15) is 58.3 Å². The van der Waals surface area contributed by atoms with Crippen molar-refractivity contribution in [3.8, 4) is 6.01 Å². The number of hydrogen-bond acceptors (Lipinski definition) is 4. The molecule has 0 spiro atoms. The SMILES string of the molecule is CCCCC(Cn1ccnc1OC(=O)C(=O)O)C1CCCCC1. The first-order valence-electron chi connectivity index (χ1n) is 8.58. The third-order valence-electron chi connectivity index (χ3n) is 4.71. The molecule has 0 aliphatic heterocycles. The van der Waals surface area contributed by atoms with Crippen LogP contribution in [0.3, 0.4) is 0 Å². The second-order valence-corrected chi connectivity index (χ2v) is 6.36. The summed E-state index contributed by atoms with van der Waals surface area (Å²) < 4.78 is 6.63. The molecule has 1 fully saturated rings. The minimum Gasteiger partial charge on any atom is -0.473 e. The van der Waals surface area contributed by atoms with E-state index >= 15 is 0 Å². The summed E-state index contributed by atoms with van der Waals surface area (Å²) >= 11 is 0. The van der Waals surface area contributed by atoms with Gasteiger partial charge in [0.15, 0.2) is 0 Å². The zero-order valence-corrected chi connectivity index (χ0v) is 13.7. The predicted molar refractivity (Wildman–Crippen MR) is 85.1 cm³/mol. The Bertz CT molecular complexity index is 520. The fourth-order valence-electron chi connectivity index (χ4n) is 3.47. The van der Waals surface area contributed by atoms with Crippen LogP contribution >= 0.6 is 0 Å². The van der Waals surface area contributed by atoms with Gasteiger partial charge in [0.25, 0.3) is 0 Å². The highest BCUT2D eigenvalue weighted by molar-refractivity contribution is 6.29. The fourth-order valence-corrected chi connectivity index (χ4v) is 3.47. The molecular weight excluding hydrogens is 296 g/mol. The smallest absolute Gasteiger partial charge is 0.425 e. The molecule has 1 aliphatic carbocycles. The van der Waals surface area contributed by atoms with Crippen molar-refractivity contribution in [3.63, 3.8) is 0 Å². The summed E-state index contributed by atoms with van der Waals surface area (Å²) in [4.78, 5) is 25.9. The number of aromatic nitrogens is 2. The van der Waals surface area contributed by atoms with Crippen LogP contribution < -0.4 is 4.74 Å². The van der Waals surface area contributed by atoms with E-state index in [9.17, 15) is 9.59 Å². The molecule has 1 heterocycles. The number of imidazole rings is 1. The van der Waals surface area contributed by atoms with Crippen LogP contribution in [0.4, 0.5) is 0 Å². The third-order valence-corrected chi connectivity index (χ3v) is 4.71. The van der Waals surface area contributed by atoms with E-state index in [2.05, 4.69) is 11.9 Å². The van der Waals surface area contributed by atoms with Gasteiger partial charge in [-0.1, -0.05) is 51.9 Å². The first-order chi connectivity index (χ1) is 11.1. The summed E-state index contributed by atoms with van der Waals surface area (Å²) in [5, 5.41) is 8.66. The lowest BCUT2D eigenvalue weighted by molar-refractivity contribution is -0.158. The molecule has 1 aliphatic rings. The summed E-state index contributed by atoms with van der Waals surface area (Å²) in [5.74, 6) is -1.68. The average Bonchev–Trinajstić information content (AvgIpc) is 2.99. The summed E-state index contributed by atoms with van der Waals surface area (Å²) in [6.07, 6.45) is 13.2. The quantitative estimate of drug-likeness (QED) is 0.615. The Morgan fingerprint density at radius 3 is 2.78 bits per heavy atom. The molecule has 0 radical (unpaired) electrons. The van der Waals surface area contributed by atoms with Crippen molar-refractivity contribution in [1.29, 1.82) is 0 Å². The maximum absolute atomic E-state index is 11.2. The lowest BCUT2D eigenvalue weighted by Crippen LogP contribution is -2.25. The Hall–Kier alpha value is -1.85. The highest BCUT2D eigenvalue weighted by Crippen LogP contribution is 2.34. The number of hydrogen-bond donors (Lipinski definition) is 1. The zero-order chi connectivity index (χ0) is 16.7. The van der Waals surface area contributed by atoms with Gasteiger partial charge in [-0.25, -0.2) is 14.6 Å². The lowest BCUT2D eigenvalue weighted by atomic mass is 9.78. The highest BCUT2D eigenvalue weighted by atomic mass is 16.6.